The normalized spacial score (nSPS) is 17.2. The Kier molecular flexibility index (Phi) is 3.69. The molecule has 0 aromatic heterocycles. The van der Waals surface area contributed by atoms with E-state index in [4.69, 9.17) is 10.5 Å². The number of carbonyl (C=O) groups is 1. The topological polar surface area (TPSA) is 64.3 Å². The van der Waals surface area contributed by atoms with Gasteiger partial charge in [-0.15, -0.1) is 0 Å². The summed E-state index contributed by atoms with van der Waals surface area (Å²) < 4.78 is 4.78. The Morgan fingerprint density at radius 2 is 2.00 bits per heavy atom. The van der Waals surface area contributed by atoms with E-state index in [2.05, 4.69) is 12.2 Å². The molecular formula is C15H22N2O2. The number of anilines is 2. The monoisotopic (exact) mass is 262 g/mol. The molecule has 0 unspecified atom stereocenters. The van der Waals surface area contributed by atoms with Crippen molar-refractivity contribution < 1.29 is 9.53 Å². The van der Waals surface area contributed by atoms with Crippen LogP contribution in [0.4, 0.5) is 11.4 Å². The van der Waals surface area contributed by atoms with Crippen LogP contribution in [0.1, 0.15) is 48.5 Å². The smallest absolute Gasteiger partial charge is 0.340 e. The summed E-state index contributed by atoms with van der Waals surface area (Å²) in [7, 11) is 1.37. The number of methoxy groups -OCH3 is 1. The zero-order chi connectivity index (χ0) is 14.0. The lowest BCUT2D eigenvalue weighted by atomic mass is 9.99. The van der Waals surface area contributed by atoms with Crippen molar-refractivity contribution in [3.8, 4) is 0 Å². The second-order valence-electron chi connectivity index (χ2n) is 5.64. The second kappa shape index (κ2) is 5.11. The Balaban J connectivity index is 2.31. The van der Waals surface area contributed by atoms with E-state index in [1.54, 1.807) is 6.07 Å². The molecule has 0 spiro atoms. The van der Waals surface area contributed by atoms with Crippen LogP contribution >= 0.6 is 0 Å². The third-order valence-corrected chi connectivity index (χ3v) is 3.95. The van der Waals surface area contributed by atoms with Gasteiger partial charge in [-0.05, 0) is 44.4 Å². The van der Waals surface area contributed by atoms with Crippen molar-refractivity contribution in [3.05, 3.63) is 23.3 Å². The van der Waals surface area contributed by atoms with Crippen molar-refractivity contribution in [3.63, 3.8) is 0 Å². The van der Waals surface area contributed by atoms with E-state index >= 15 is 0 Å². The molecule has 0 radical (unpaired) electrons. The molecule has 0 bridgehead atoms. The molecule has 3 N–H and O–H groups in total. The fourth-order valence-corrected chi connectivity index (χ4v) is 2.78. The summed E-state index contributed by atoms with van der Waals surface area (Å²) in [6.45, 7) is 4.13. The van der Waals surface area contributed by atoms with Gasteiger partial charge in [-0.1, -0.05) is 12.8 Å². The van der Waals surface area contributed by atoms with Gasteiger partial charge in [-0.3, -0.25) is 0 Å². The van der Waals surface area contributed by atoms with Crippen LogP contribution in [0.25, 0.3) is 0 Å². The van der Waals surface area contributed by atoms with Gasteiger partial charge < -0.3 is 15.8 Å². The van der Waals surface area contributed by atoms with E-state index in [0.717, 1.165) is 24.1 Å². The van der Waals surface area contributed by atoms with Crippen molar-refractivity contribution in [2.75, 3.05) is 18.2 Å². The lowest BCUT2D eigenvalue weighted by Gasteiger charge is -2.27. The minimum absolute atomic E-state index is 0.121. The van der Waals surface area contributed by atoms with Crippen LogP contribution in [0, 0.1) is 6.92 Å². The molecule has 1 aromatic carbocycles. The van der Waals surface area contributed by atoms with E-state index in [1.807, 2.05) is 13.0 Å². The molecule has 0 atom stereocenters. The summed E-state index contributed by atoms with van der Waals surface area (Å²) in [6.07, 6.45) is 4.82. The number of rotatable bonds is 3. The van der Waals surface area contributed by atoms with Gasteiger partial charge in [0.05, 0.1) is 12.7 Å². The van der Waals surface area contributed by atoms with Crippen molar-refractivity contribution >= 4 is 17.3 Å². The Morgan fingerprint density at radius 1 is 1.37 bits per heavy atom. The average molecular weight is 262 g/mol. The van der Waals surface area contributed by atoms with Gasteiger partial charge >= 0.3 is 5.97 Å². The fourth-order valence-electron chi connectivity index (χ4n) is 2.78. The zero-order valence-corrected chi connectivity index (χ0v) is 11.9. The number of esters is 1. The Morgan fingerprint density at radius 3 is 2.58 bits per heavy atom. The molecule has 4 heteroatoms. The highest BCUT2D eigenvalue weighted by Crippen LogP contribution is 2.34. The largest absolute Gasteiger partial charge is 0.465 e. The summed E-state index contributed by atoms with van der Waals surface area (Å²) in [6, 6.07) is 3.78. The first kappa shape index (κ1) is 13.7. The molecule has 0 heterocycles. The van der Waals surface area contributed by atoms with Crippen LogP contribution in [0.15, 0.2) is 12.1 Å². The van der Waals surface area contributed by atoms with Crippen LogP contribution in [-0.2, 0) is 4.74 Å². The van der Waals surface area contributed by atoms with Gasteiger partial charge in [-0.25, -0.2) is 4.79 Å². The molecule has 1 fully saturated rings. The van der Waals surface area contributed by atoms with Gasteiger partial charge in [0.1, 0.15) is 0 Å². The number of aryl methyl sites for hydroxylation is 1. The number of carbonyl (C=O) groups excluding carboxylic acids is 1. The predicted octanol–water partition coefficient (Wildman–Crippen LogP) is 3.11. The number of nitrogen functional groups attached to an aromatic ring is 1. The second-order valence-corrected chi connectivity index (χ2v) is 5.64. The van der Waals surface area contributed by atoms with E-state index in [9.17, 15) is 4.79 Å². The molecule has 104 valence electrons. The zero-order valence-electron chi connectivity index (χ0n) is 11.9. The van der Waals surface area contributed by atoms with E-state index in [0.29, 0.717) is 11.3 Å². The highest BCUT2D eigenvalue weighted by atomic mass is 16.5. The number of nitrogens with two attached hydrogens (primary N) is 1. The molecule has 0 aliphatic heterocycles. The molecule has 1 aliphatic rings. The average Bonchev–Trinajstić information content (AvgIpc) is 2.79. The quantitative estimate of drug-likeness (QED) is 0.649. The molecule has 1 saturated carbocycles. The third kappa shape index (κ3) is 2.83. The standard InChI is InChI=1S/C15H22N2O2/c1-10-8-11(17-15(2)6-4-5-7-15)9-12(13(10)16)14(18)19-3/h8-9,17H,4-7,16H2,1-3H3. The van der Waals surface area contributed by atoms with Crippen LogP contribution in [0.3, 0.4) is 0 Å². The van der Waals surface area contributed by atoms with Crippen molar-refractivity contribution in [1.82, 2.24) is 0 Å². The predicted molar refractivity (Wildman–Crippen MR) is 77.4 cm³/mol. The highest BCUT2D eigenvalue weighted by Gasteiger charge is 2.28. The third-order valence-electron chi connectivity index (χ3n) is 3.95. The van der Waals surface area contributed by atoms with Crippen LogP contribution in [0.2, 0.25) is 0 Å². The van der Waals surface area contributed by atoms with Gasteiger partial charge in [0.15, 0.2) is 0 Å². The fraction of sp³-hybridized carbons (Fsp3) is 0.533. The van der Waals surface area contributed by atoms with E-state index in [1.165, 1.54) is 20.0 Å². The van der Waals surface area contributed by atoms with Crippen molar-refractivity contribution in [1.29, 1.82) is 0 Å². The molecule has 0 amide bonds. The molecule has 1 aromatic rings. The Hall–Kier alpha value is -1.71. The van der Waals surface area contributed by atoms with Gasteiger partial charge in [-0.2, -0.15) is 0 Å². The number of benzene rings is 1. The number of hydrogen-bond acceptors (Lipinski definition) is 4. The van der Waals surface area contributed by atoms with Gasteiger partial charge in [0.25, 0.3) is 0 Å². The maximum atomic E-state index is 11.7. The van der Waals surface area contributed by atoms with E-state index in [-0.39, 0.29) is 11.5 Å². The lowest BCUT2D eigenvalue weighted by molar-refractivity contribution is 0.0602. The van der Waals surface area contributed by atoms with E-state index < -0.39 is 0 Å². The Labute approximate surface area is 114 Å². The first-order valence-corrected chi connectivity index (χ1v) is 6.72. The summed E-state index contributed by atoms with van der Waals surface area (Å²) in [5.41, 5.74) is 8.83. The van der Waals surface area contributed by atoms with Crippen LogP contribution in [-0.4, -0.2) is 18.6 Å². The maximum absolute atomic E-state index is 11.7. The first-order valence-electron chi connectivity index (χ1n) is 6.72. The highest BCUT2D eigenvalue weighted by molar-refractivity contribution is 5.97. The number of nitrogens with one attached hydrogen (secondary N) is 1. The molecule has 1 aliphatic carbocycles. The minimum atomic E-state index is -0.388. The van der Waals surface area contributed by atoms with Gasteiger partial charge in [0.2, 0.25) is 0 Å². The SMILES string of the molecule is COC(=O)c1cc(NC2(C)CCCC2)cc(C)c1N. The van der Waals surface area contributed by atoms with Crippen LogP contribution < -0.4 is 11.1 Å². The summed E-state index contributed by atoms with van der Waals surface area (Å²) in [5, 5.41) is 3.54. The lowest BCUT2D eigenvalue weighted by Crippen LogP contribution is -2.31. The molecule has 4 nitrogen and oxygen atoms in total. The summed E-state index contributed by atoms with van der Waals surface area (Å²) in [5.74, 6) is -0.388. The summed E-state index contributed by atoms with van der Waals surface area (Å²) >= 11 is 0. The summed E-state index contributed by atoms with van der Waals surface area (Å²) in [4.78, 5) is 11.7. The number of ether oxygens (including phenoxy) is 1. The molecule has 0 saturated heterocycles. The molecule has 2 rings (SSSR count). The minimum Gasteiger partial charge on any atom is -0.465 e. The molecule has 19 heavy (non-hydrogen) atoms. The van der Waals surface area contributed by atoms with Crippen molar-refractivity contribution in [2.45, 2.75) is 45.1 Å². The maximum Gasteiger partial charge on any atom is 0.340 e. The van der Waals surface area contributed by atoms with Crippen molar-refractivity contribution in [2.24, 2.45) is 0 Å². The Bertz CT molecular complexity index is 491. The number of hydrogen-bond donors (Lipinski definition) is 2. The van der Waals surface area contributed by atoms with Crippen LogP contribution in [0.5, 0.6) is 0 Å². The molecular weight excluding hydrogens is 240 g/mol. The van der Waals surface area contributed by atoms with Gasteiger partial charge in [0, 0.05) is 16.9 Å². The first-order chi connectivity index (χ1) is 8.95.